The number of primary amides is 1. The minimum Gasteiger partial charge on any atom is -0.444 e. The number of hydrogen-bond donors (Lipinski definition) is 3. The maximum absolute atomic E-state index is 14.3. The molecule has 42 heavy (non-hydrogen) atoms. The summed E-state index contributed by atoms with van der Waals surface area (Å²) in [5, 5.41) is 5.67. The van der Waals surface area contributed by atoms with Gasteiger partial charge in [0.25, 0.3) is 0 Å². The summed E-state index contributed by atoms with van der Waals surface area (Å²) in [7, 11) is 0. The molecule has 0 saturated heterocycles. The average Bonchev–Trinajstić information content (AvgIpc) is 2.93. The van der Waals surface area contributed by atoms with Gasteiger partial charge in [-0.3, -0.25) is 14.4 Å². The molecule has 0 aliphatic rings. The molecule has 1 aromatic carbocycles. The first-order valence-electron chi connectivity index (χ1n) is 15.5. The Morgan fingerprint density at radius 3 is 2.26 bits per heavy atom. The van der Waals surface area contributed by atoms with Crippen LogP contribution in [-0.4, -0.2) is 53.4 Å². The van der Waals surface area contributed by atoms with Crippen LogP contribution in [0.1, 0.15) is 122 Å². The fourth-order valence-electron chi connectivity index (χ4n) is 4.64. The number of benzene rings is 1. The Balaban J connectivity index is 3.48. The number of rotatable bonds is 20. The Labute approximate surface area is 253 Å². The van der Waals surface area contributed by atoms with Gasteiger partial charge in [-0.25, -0.2) is 4.79 Å². The molecule has 0 spiro atoms. The SMILES string of the molecule is C=Cc1cccc(C(C(=O)NCCCCC)N(CCCCCCCC)C(=O)C(CCC(N)=O)NC(=O)OC(C)(C)C)c1. The zero-order chi connectivity index (χ0) is 31.5. The van der Waals surface area contributed by atoms with Crippen molar-refractivity contribution in [3.8, 4) is 0 Å². The maximum atomic E-state index is 14.3. The van der Waals surface area contributed by atoms with Crippen LogP contribution >= 0.6 is 0 Å². The van der Waals surface area contributed by atoms with E-state index in [1.807, 2.05) is 24.3 Å². The molecular formula is C33H54N4O5. The molecule has 4 amide bonds. The van der Waals surface area contributed by atoms with Gasteiger partial charge in [0.1, 0.15) is 17.7 Å². The van der Waals surface area contributed by atoms with Crippen molar-refractivity contribution in [1.82, 2.24) is 15.5 Å². The standard InChI is InChI=1S/C33H54N4O5/c1-7-10-12-13-14-16-23-37(31(40)27(20-21-28(34)38)36-32(41)42-33(4,5)6)29(30(39)35-22-15-11-8-2)26-19-17-18-25(9-3)24-26/h9,17-19,24,27,29H,3,7-8,10-16,20-23H2,1-2,4-6H3,(H2,34,38)(H,35,39)(H,36,41). The molecule has 0 heterocycles. The van der Waals surface area contributed by atoms with Crippen LogP contribution in [0.4, 0.5) is 4.79 Å². The Hall–Kier alpha value is -3.36. The van der Waals surface area contributed by atoms with Crippen LogP contribution < -0.4 is 16.4 Å². The molecule has 0 saturated carbocycles. The normalized spacial score (nSPS) is 12.6. The third-order valence-corrected chi connectivity index (χ3v) is 6.81. The van der Waals surface area contributed by atoms with Gasteiger partial charge in [0.2, 0.25) is 17.7 Å². The molecule has 0 bridgehead atoms. The summed E-state index contributed by atoms with van der Waals surface area (Å²) in [4.78, 5) is 54.1. The third kappa shape index (κ3) is 14.5. The highest BCUT2D eigenvalue weighted by molar-refractivity contribution is 5.92. The first-order valence-corrected chi connectivity index (χ1v) is 15.5. The van der Waals surface area contributed by atoms with Crippen LogP contribution in [0.3, 0.4) is 0 Å². The lowest BCUT2D eigenvalue weighted by atomic mass is 9.99. The molecule has 0 aliphatic heterocycles. The summed E-state index contributed by atoms with van der Waals surface area (Å²) >= 11 is 0. The zero-order valence-corrected chi connectivity index (χ0v) is 26.5. The Morgan fingerprint density at radius 1 is 1.00 bits per heavy atom. The number of hydrogen-bond acceptors (Lipinski definition) is 5. The lowest BCUT2D eigenvalue weighted by molar-refractivity contribution is -0.142. The number of ether oxygens (including phenoxy) is 1. The highest BCUT2D eigenvalue weighted by Crippen LogP contribution is 2.26. The van der Waals surface area contributed by atoms with E-state index in [-0.39, 0.29) is 18.7 Å². The second-order valence-electron chi connectivity index (χ2n) is 11.8. The Kier molecular flexibility index (Phi) is 17.2. The maximum Gasteiger partial charge on any atom is 0.408 e. The summed E-state index contributed by atoms with van der Waals surface area (Å²) in [6, 6.07) is 5.35. The molecule has 4 N–H and O–H groups in total. The van der Waals surface area contributed by atoms with Gasteiger partial charge in [-0.2, -0.15) is 0 Å². The Bertz CT molecular complexity index is 1000. The van der Waals surface area contributed by atoms with Crippen LogP contribution in [0.15, 0.2) is 30.8 Å². The van der Waals surface area contributed by atoms with Crippen molar-refractivity contribution in [1.29, 1.82) is 0 Å². The largest absolute Gasteiger partial charge is 0.444 e. The zero-order valence-electron chi connectivity index (χ0n) is 26.5. The van der Waals surface area contributed by atoms with E-state index in [9.17, 15) is 19.2 Å². The quantitative estimate of drug-likeness (QED) is 0.161. The summed E-state index contributed by atoms with van der Waals surface area (Å²) in [5.41, 5.74) is 6.09. The van der Waals surface area contributed by atoms with E-state index in [1.54, 1.807) is 31.7 Å². The second kappa shape index (κ2) is 19.7. The molecule has 0 aliphatic carbocycles. The summed E-state index contributed by atoms with van der Waals surface area (Å²) in [5.74, 6) is -1.35. The monoisotopic (exact) mass is 586 g/mol. The van der Waals surface area contributed by atoms with Crippen molar-refractivity contribution in [2.24, 2.45) is 5.73 Å². The number of nitrogens with zero attached hydrogens (tertiary/aromatic N) is 1. The van der Waals surface area contributed by atoms with Crippen LogP contribution in [0.5, 0.6) is 0 Å². The number of amides is 4. The van der Waals surface area contributed by atoms with Crippen molar-refractivity contribution in [2.75, 3.05) is 13.1 Å². The van der Waals surface area contributed by atoms with Gasteiger partial charge < -0.3 is 26.0 Å². The van der Waals surface area contributed by atoms with E-state index in [4.69, 9.17) is 10.5 Å². The summed E-state index contributed by atoms with van der Waals surface area (Å²) < 4.78 is 5.41. The molecule has 1 aromatic rings. The van der Waals surface area contributed by atoms with Crippen molar-refractivity contribution in [3.63, 3.8) is 0 Å². The summed E-state index contributed by atoms with van der Waals surface area (Å²) in [6.07, 6.45) is 9.59. The Morgan fingerprint density at radius 2 is 1.64 bits per heavy atom. The van der Waals surface area contributed by atoms with E-state index >= 15 is 0 Å². The van der Waals surface area contributed by atoms with E-state index in [0.29, 0.717) is 25.1 Å². The van der Waals surface area contributed by atoms with Gasteiger partial charge in [-0.15, -0.1) is 0 Å². The number of carbonyl (C=O) groups is 4. The molecule has 9 nitrogen and oxygen atoms in total. The molecule has 0 fully saturated rings. The van der Waals surface area contributed by atoms with Crippen LogP contribution in [0.25, 0.3) is 6.08 Å². The lowest BCUT2D eigenvalue weighted by Gasteiger charge is -2.34. The molecule has 1 rings (SSSR count). The van der Waals surface area contributed by atoms with Gasteiger partial charge in [0.05, 0.1) is 0 Å². The first-order chi connectivity index (χ1) is 19.9. The number of nitrogens with two attached hydrogens (primary N) is 1. The number of alkyl carbamates (subject to hydrolysis) is 1. The van der Waals surface area contributed by atoms with E-state index in [0.717, 1.165) is 56.9 Å². The van der Waals surface area contributed by atoms with Crippen molar-refractivity contribution in [3.05, 3.63) is 42.0 Å². The molecule has 9 heteroatoms. The second-order valence-corrected chi connectivity index (χ2v) is 11.8. The van der Waals surface area contributed by atoms with Gasteiger partial charge >= 0.3 is 6.09 Å². The van der Waals surface area contributed by atoms with E-state index in [2.05, 4.69) is 31.1 Å². The molecule has 0 aromatic heterocycles. The smallest absolute Gasteiger partial charge is 0.408 e. The van der Waals surface area contributed by atoms with Gasteiger partial charge in [0.15, 0.2) is 0 Å². The molecule has 0 radical (unpaired) electrons. The van der Waals surface area contributed by atoms with Crippen molar-refractivity contribution < 1.29 is 23.9 Å². The predicted octanol–water partition coefficient (Wildman–Crippen LogP) is 6.03. The van der Waals surface area contributed by atoms with E-state index < -0.39 is 35.6 Å². The number of carbonyl (C=O) groups excluding carboxylic acids is 4. The van der Waals surface area contributed by atoms with Crippen LogP contribution in [-0.2, 0) is 19.1 Å². The minimum absolute atomic E-state index is 0.0159. The third-order valence-electron chi connectivity index (χ3n) is 6.81. The predicted molar refractivity (Wildman–Crippen MR) is 168 cm³/mol. The number of nitrogens with one attached hydrogen (secondary N) is 2. The highest BCUT2D eigenvalue weighted by atomic mass is 16.6. The molecule has 2 atom stereocenters. The topological polar surface area (TPSA) is 131 Å². The van der Waals surface area contributed by atoms with Crippen LogP contribution in [0, 0.1) is 0 Å². The average molecular weight is 587 g/mol. The minimum atomic E-state index is -1.11. The van der Waals surface area contributed by atoms with Gasteiger partial charge in [0, 0.05) is 19.5 Å². The fourth-order valence-corrected chi connectivity index (χ4v) is 4.64. The van der Waals surface area contributed by atoms with Crippen molar-refractivity contribution in [2.45, 2.75) is 123 Å². The first kappa shape index (κ1) is 36.7. The van der Waals surface area contributed by atoms with Crippen LogP contribution in [0.2, 0.25) is 0 Å². The van der Waals surface area contributed by atoms with Crippen molar-refractivity contribution >= 4 is 29.9 Å². The molecule has 2 unspecified atom stereocenters. The molecular weight excluding hydrogens is 532 g/mol. The van der Waals surface area contributed by atoms with E-state index in [1.165, 1.54) is 0 Å². The molecule has 236 valence electrons. The summed E-state index contributed by atoms with van der Waals surface area (Å²) in [6.45, 7) is 14.1. The van der Waals surface area contributed by atoms with Gasteiger partial charge in [-0.1, -0.05) is 89.6 Å². The van der Waals surface area contributed by atoms with Gasteiger partial charge in [-0.05, 0) is 57.2 Å². The lowest BCUT2D eigenvalue weighted by Crippen LogP contribution is -2.53. The highest BCUT2D eigenvalue weighted by Gasteiger charge is 2.36. The fraction of sp³-hybridized carbons (Fsp3) is 0.636. The number of unbranched alkanes of at least 4 members (excludes halogenated alkanes) is 7.